The van der Waals surface area contributed by atoms with Crippen LogP contribution in [0.1, 0.15) is 5.56 Å². The van der Waals surface area contributed by atoms with Gasteiger partial charge < -0.3 is 0 Å². The van der Waals surface area contributed by atoms with Gasteiger partial charge in [-0.25, -0.2) is 8.42 Å². The Labute approximate surface area is 99.1 Å². The highest BCUT2D eigenvalue weighted by molar-refractivity contribution is 7.89. The minimum Gasteiger partial charge on any atom is -0.285 e. The Hall–Kier alpha value is -1.67. The van der Waals surface area contributed by atoms with Gasteiger partial charge in [0, 0.05) is 38.6 Å². The van der Waals surface area contributed by atoms with E-state index in [2.05, 4.69) is 15.3 Å². The quantitative estimate of drug-likeness (QED) is 0.831. The Morgan fingerprint density at radius 2 is 2.24 bits per heavy atom. The molecule has 2 rings (SSSR count). The van der Waals surface area contributed by atoms with Gasteiger partial charge >= 0.3 is 0 Å². The number of aromatic amines is 1. The third-order valence-electron chi connectivity index (χ3n) is 2.35. The van der Waals surface area contributed by atoms with Gasteiger partial charge in [0.1, 0.15) is 4.90 Å². The van der Waals surface area contributed by atoms with Crippen molar-refractivity contribution in [1.82, 2.24) is 24.3 Å². The van der Waals surface area contributed by atoms with Gasteiger partial charge in [-0.05, 0) is 0 Å². The molecule has 0 atom stereocenters. The Morgan fingerprint density at radius 1 is 1.47 bits per heavy atom. The van der Waals surface area contributed by atoms with E-state index in [1.807, 2.05) is 0 Å². The predicted molar refractivity (Wildman–Crippen MR) is 60.4 cm³/mol. The number of aromatic nitrogens is 4. The summed E-state index contributed by atoms with van der Waals surface area (Å²) in [5, 5.41) is 10.3. The highest BCUT2D eigenvalue weighted by Gasteiger charge is 2.22. The largest absolute Gasteiger partial charge is 0.285 e. The summed E-state index contributed by atoms with van der Waals surface area (Å²) in [4.78, 5) is 0.186. The fourth-order valence-electron chi connectivity index (χ4n) is 1.42. The number of hydrogen-bond acceptors (Lipinski definition) is 4. The van der Waals surface area contributed by atoms with Crippen molar-refractivity contribution in [3.63, 3.8) is 0 Å². The van der Waals surface area contributed by atoms with Gasteiger partial charge in [0.25, 0.3) is 0 Å². The third-order valence-corrected chi connectivity index (χ3v) is 4.11. The number of sulfonamides is 1. The number of hydrogen-bond donors (Lipinski definition) is 1. The summed E-state index contributed by atoms with van der Waals surface area (Å²) >= 11 is 0. The van der Waals surface area contributed by atoms with Crippen LogP contribution in [0.4, 0.5) is 0 Å². The molecule has 0 aliphatic rings. The second-order valence-electron chi connectivity index (χ2n) is 3.72. The zero-order valence-electron chi connectivity index (χ0n) is 9.53. The fraction of sp³-hybridized carbons (Fsp3) is 0.333. The van der Waals surface area contributed by atoms with Crippen molar-refractivity contribution in [3.05, 3.63) is 30.4 Å². The van der Waals surface area contributed by atoms with Gasteiger partial charge in [-0.15, -0.1) is 0 Å². The van der Waals surface area contributed by atoms with Crippen LogP contribution < -0.4 is 0 Å². The molecule has 0 aliphatic carbocycles. The van der Waals surface area contributed by atoms with Crippen molar-refractivity contribution in [2.45, 2.75) is 11.4 Å². The molecule has 0 radical (unpaired) electrons. The molecule has 0 amide bonds. The molecule has 0 aliphatic heterocycles. The van der Waals surface area contributed by atoms with E-state index in [0.29, 0.717) is 0 Å². The van der Waals surface area contributed by atoms with Crippen LogP contribution in [-0.4, -0.2) is 39.7 Å². The van der Waals surface area contributed by atoms with E-state index >= 15 is 0 Å². The lowest BCUT2D eigenvalue weighted by molar-refractivity contribution is 0.466. The van der Waals surface area contributed by atoms with E-state index in [0.717, 1.165) is 5.56 Å². The van der Waals surface area contributed by atoms with Crippen molar-refractivity contribution >= 4 is 10.0 Å². The van der Waals surface area contributed by atoms with Crippen LogP contribution in [0, 0.1) is 0 Å². The maximum Gasteiger partial charge on any atom is 0.246 e. The zero-order valence-corrected chi connectivity index (χ0v) is 10.3. The highest BCUT2D eigenvalue weighted by Crippen LogP contribution is 2.14. The molecule has 92 valence electrons. The Kier molecular flexibility index (Phi) is 2.99. The summed E-state index contributed by atoms with van der Waals surface area (Å²) < 4.78 is 26.9. The van der Waals surface area contributed by atoms with Crippen molar-refractivity contribution in [1.29, 1.82) is 0 Å². The van der Waals surface area contributed by atoms with Gasteiger partial charge in [0.2, 0.25) is 10.0 Å². The van der Waals surface area contributed by atoms with Crippen LogP contribution in [0.3, 0.4) is 0 Å². The third kappa shape index (κ3) is 2.37. The predicted octanol–water partition coefficient (Wildman–Crippen LogP) is -0.0361. The standard InChI is InChI=1S/C9H13N5O2S/c1-13-7-9(5-12-13)17(15,16)14(2)6-8-3-10-11-4-8/h3-5,7H,6H2,1-2H3,(H,10,11). The molecule has 2 aromatic heterocycles. The van der Waals surface area contributed by atoms with Crippen LogP contribution in [-0.2, 0) is 23.6 Å². The zero-order chi connectivity index (χ0) is 12.5. The lowest BCUT2D eigenvalue weighted by Gasteiger charge is -2.14. The SMILES string of the molecule is CN(Cc1cn[nH]c1)S(=O)(=O)c1cnn(C)c1. The normalized spacial score (nSPS) is 12.2. The molecule has 0 fully saturated rings. The van der Waals surface area contributed by atoms with E-state index in [4.69, 9.17) is 0 Å². The average molecular weight is 255 g/mol. The van der Waals surface area contributed by atoms with Crippen LogP contribution in [0.25, 0.3) is 0 Å². The first-order valence-electron chi connectivity index (χ1n) is 4.93. The first-order chi connectivity index (χ1) is 8.00. The van der Waals surface area contributed by atoms with E-state index < -0.39 is 10.0 Å². The van der Waals surface area contributed by atoms with E-state index in [1.165, 1.54) is 28.4 Å². The first-order valence-corrected chi connectivity index (χ1v) is 6.37. The van der Waals surface area contributed by atoms with Gasteiger partial charge in [0.15, 0.2) is 0 Å². The maximum absolute atomic E-state index is 12.1. The molecule has 0 aromatic carbocycles. The summed E-state index contributed by atoms with van der Waals surface area (Å²) in [6.07, 6.45) is 6.06. The molecule has 2 aromatic rings. The molecule has 17 heavy (non-hydrogen) atoms. The molecule has 8 heteroatoms. The first kappa shape index (κ1) is 11.8. The van der Waals surface area contributed by atoms with Gasteiger partial charge in [-0.1, -0.05) is 0 Å². The maximum atomic E-state index is 12.1. The molecule has 0 spiro atoms. The minimum atomic E-state index is -3.49. The fourth-order valence-corrected chi connectivity index (χ4v) is 2.56. The van der Waals surface area contributed by atoms with Crippen LogP contribution in [0.2, 0.25) is 0 Å². The summed E-state index contributed by atoms with van der Waals surface area (Å²) in [5.74, 6) is 0. The second kappa shape index (κ2) is 4.30. The Bertz CT molecular complexity index is 587. The van der Waals surface area contributed by atoms with Crippen LogP contribution >= 0.6 is 0 Å². The lowest BCUT2D eigenvalue weighted by atomic mass is 10.4. The van der Waals surface area contributed by atoms with E-state index in [9.17, 15) is 8.42 Å². The molecule has 0 saturated heterocycles. The van der Waals surface area contributed by atoms with Gasteiger partial charge in [0.05, 0.1) is 12.4 Å². The van der Waals surface area contributed by atoms with Crippen molar-refractivity contribution in [2.75, 3.05) is 7.05 Å². The number of nitrogens with one attached hydrogen (secondary N) is 1. The molecule has 0 bridgehead atoms. The molecule has 0 unspecified atom stereocenters. The second-order valence-corrected chi connectivity index (χ2v) is 5.76. The summed E-state index contributed by atoms with van der Waals surface area (Å²) in [7, 11) is -0.287. The van der Waals surface area contributed by atoms with Crippen LogP contribution in [0.15, 0.2) is 29.7 Å². The van der Waals surface area contributed by atoms with Gasteiger partial charge in [-0.3, -0.25) is 9.78 Å². The molecule has 2 heterocycles. The van der Waals surface area contributed by atoms with Crippen molar-refractivity contribution < 1.29 is 8.42 Å². The number of H-pyrrole nitrogens is 1. The summed E-state index contributed by atoms with van der Waals surface area (Å²) in [5.41, 5.74) is 0.806. The summed E-state index contributed by atoms with van der Waals surface area (Å²) in [6.45, 7) is 0.272. The topological polar surface area (TPSA) is 83.9 Å². The average Bonchev–Trinajstić information content (AvgIpc) is 2.89. The number of nitrogens with zero attached hydrogens (tertiary/aromatic N) is 4. The number of aryl methyl sites for hydroxylation is 1. The van der Waals surface area contributed by atoms with Gasteiger partial charge in [-0.2, -0.15) is 14.5 Å². The van der Waals surface area contributed by atoms with Crippen LogP contribution in [0.5, 0.6) is 0 Å². The van der Waals surface area contributed by atoms with E-state index in [-0.39, 0.29) is 11.4 Å². The Balaban J connectivity index is 2.21. The molecular formula is C9H13N5O2S. The van der Waals surface area contributed by atoms with Crippen molar-refractivity contribution in [3.8, 4) is 0 Å². The number of rotatable bonds is 4. The minimum absolute atomic E-state index is 0.186. The molecule has 0 saturated carbocycles. The molecule has 7 nitrogen and oxygen atoms in total. The molecule has 1 N–H and O–H groups in total. The highest BCUT2D eigenvalue weighted by atomic mass is 32.2. The van der Waals surface area contributed by atoms with E-state index in [1.54, 1.807) is 19.4 Å². The smallest absolute Gasteiger partial charge is 0.246 e. The van der Waals surface area contributed by atoms with Crippen molar-refractivity contribution in [2.24, 2.45) is 7.05 Å². The molecular weight excluding hydrogens is 242 g/mol. The monoisotopic (exact) mass is 255 g/mol. The lowest BCUT2D eigenvalue weighted by Crippen LogP contribution is -2.26. The summed E-state index contributed by atoms with van der Waals surface area (Å²) in [6, 6.07) is 0. The Morgan fingerprint density at radius 3 is 2.76 bits per heavy atom.